The van der Waals surface area contributed by atoms with Crippen molar-refractivity contribution in [3.8, 4) is 0 Å². The molecule has 0 N–H and O–H groups in total. The minimum absolute atomic E-state index is 0. The number of rotatable bonds is 2. The van der Waals surface area contributed by atoms with E-state index in [4.69, 9.17) is 0 Å². The zero-order valence-electron chi connectivity index (χ0n) is 12.7. The van der Waals surface area contributed by atoms with Crippen LogP contribution in [-0.4, -0.2) is 5.43 Å². The molecule has 0 heterocycles. The first-order chi connectivity index (χ1) is 7.61. The minimum atomic E-state index is -1.44. The molecular weight excluding hydrogens is 287 g/mol. The van der Waals surface area contributed by atoms with Crippen molar-refractivity contribution < 1.29 is 23.2 Å². The van der Waals surface area contributed by atoms with Crippen molar-refractivity contribution in [2.24, 2.45) is 0 Å². The molecule has 2 heteroatoms. The van der Waals surface area contributed by atoms with E-state index >= 15 is 0 Å². The molecule has 2 aliphatic rings. The van der Waals surface area contributed by atoms with E-state index < -0.39 is 20.4 Å². The third kappa shape index (κ3) is 2.33. The number of allylic oxidation sites excluding steroid dienone is 8. The third-order valence-corrected chi connectivity index (χ3v) is 21.3. The van der Waals surface area contributed by atoms with Crippen LogP contribution >= 0.6 is 0 Å². The number of hydrogen-bond acceptors (Lipinski definition) is 0. The van der Waals surface area contributed by atoms with Crippen LogP contribution < -0.4 is 0 Å². The molecule has 0 bridgehead atoms. The summed E-state index contributed by atoms with van der Waals surface area (Å²) in [6.45, 7) is 9.72. The molecule has 0 aromatic heterocycles. The predicted octanol–water partition coefficient (Wildman–Crippen LogP) is 4.55. The molecule has 2 aliphatic carbocycles. The maximum atomic E-state index is 2.54. The fraction of sp³-hybridized carbons (Fsp3) is 0.429. The summed E-state index contributed by atoms with van der Waals surface area (Å²) < 4.78 is 3.78. The van der Waals surface area contributed by atoms with Crippen LogP contribution in [0.15, 0.2) is 42.0 Å². The van der Waals surface area contributed by atoms with Crippen molar-refractivity contribution in [3.63, 3.8) is 0 Å². The molecule has 86 valence electrons. The minimum Gasteiger partial charge on any atom is -1.00 e. The standard InChI is InChI=1S/2C6H7.C2H6Si.Zr.2H/c2*1-6-4-2-3-5-6;1-3-2;;;/h2*2,4H,3H2,1H3;1-2H3;;;/q;;;+2;2*-1. The molecule has 0 nitrogen and oxygen atoms in total. The Morgan fingerprint density at radius 2 is 1.44 bits per heavy atom. The summed E-state index contributed by atoms with van der Waals surface area (Å²) in [6, 6.07) is 0. The van der Waals surface area contributed by atoms with Gasteiger partial charge in [0, 0.05) is 0 Å². The molecule has 0 fully saturated rings. The maximum absolute atomic E-state index is 2.54. The Hall–Kier alpha value is 0.0600. The van der Waals surface area contributed by atoms with E-state index in [1.165, 1.54) is 12.8 Å². The topological polar surface area (TPSA) is 0 Å². The van der Waals surface area contributed by atoms with Crippen LogP contribution in [0.4, 0.5) is 0 Å². The quantitative estimate of drug-likeness (QED) is 0.657. The molecule has 0 saturated carbocycles. The molecular formula is C14H22SiZr. The van der Waals surface area contributed by atoms with Gasteiger partial charge in [-0.25, -0.2) is 0 Å². The van der Waals surface area contributed by atoms with Crippen LogP contribution in [0.3, 0.4) is 0 Å². The predicted molar refractivity (Wildman–Crippen MR) is 72.6 cm³/mol. The van der Waals surface area contributed by atoms with Gasteiger partial charge in [-0.1, -0.05) is 0 Å². The maximum Gasteiger partial charge on any atom is -1.00 e. The summed E-state index contributed by atoms with van der Waals surface area (Å²) in [5, 5.41) is 0. The average molecular weight is 310 g/mol. The normalized spacial score (nSPS) is 18.4. The molecule has 0 amide bonds. The SMILES string of the molecule is CC1=[C]([Zr+2]([C]2=C(C)C=CC2)=[Si](C)C)CC=C1.[H-].[H-]. The molecule has 0 spiro atoms. The summed E-state index contributed by atoms with van der Waals surface area (Å²) in [6.07, 6.45) is 12.0. The van der Waals surface area contributed by atoms with Crippen molar-refractivity contribution in [1.82, 2.24) is 0 Å². The van der Waals surface area contributed by atoms with Crippen molar-refractivity contribution >= 4 is 5.43 Å². The van der Waals surface area contributed by atoms with E-state index in [2.05, 4.69) is 51.2 Å². The van der Waals surface area contributed by atoms with E-state index in [1.807, 2.05) is 6.56 Å². The van der Waals surface area contributed by atoms with Gasteiger partial charge in [0.15, 0.2) is 0 Å². The molecule has 0 saturated heterocycles. The second kappa shape index (κ2) is 5.14. The summed E-state index contributed by atoms with van der Waals surface area (Å²) in [4.78, 5) is 0. The Morgan fingerprint density at radius 1 is 1.00 bits per heavy atom. The zero-order valence-corrected chi connectivity index (χ0v) is 14.2. The first kappa shape index (κ1) is 12.5. The van der Waals surface area contributed by atoms with Gasteiger partial charge in [-0.3, -0.25) is 0 Å². The molecule has 0 aromatic carbocycles. The zero-order chi connectivity index (χ0) is 11.7. The largest absolute Gasteiger partial charge is 1.00 e. The molecule has 0 atom stereocenters. The van der Waals surface area contributed by atoms with Crippen molar-refractivity contribution in [1.29, 1.82) is 0 Å². The molecule has 0 unspecified atom stereocenters. The van der Waals surface area contributed by atoms with Crippen LogP contribution in [0.5, 0.6) is 0 Å². The monoisotopic (exact) mass is 308 g/mol. The van der Waals surface area contributed by atoms with Crippen molar-refractivity contribution in [2.45, 2.75) is 39.8 Å². The van der Waals surface area contributed by atoms with Crippen LogP contribution in [0.2, 0.25) is 13.1 Å². The van der Waals surface area contributed by atoms with Gasteiger partial charge < -0.3 is 2.85 Å². The van der Waals surface area contributed by atoms with E-state index in [0.717, 1.165) is 0 Å². The fourth-order valence-corrected chi connectivity index (χ4v) is 21.1. The Bertz CT molecular complexity index is 440. The van der Waals surface area contributed by atoms with E-state index in [1.54, 1.807) is 11.1 Å². The van der Waals surface area contributed by atoms with Gasteiger partial charge in [0.05, 0.1) is 0 Å². The summed E-state index contributed by atoms with van der Waals surface area (Å²) >= 11 is -1.44. The summed E-state index contributed by atoms with van der Waals surface area (Å²) in [7, 11) is 0. The van der Waals surface area contributed by atoms with Crippen LogP contribution in [0.1, 0.15) is 29.5 Å². The fourth-order valence-electron chi connectivity index (χ4n) is 2.61. The van der Waals surface area contributed by atoms with E-state index in [-0.39, 0.29) is 8.29 Å². The van der Waals surface area contributed by atoms with Gasteiger partial charge in [-0.2, -0.15) is 0 Å². The van der Waals surface area contributed by atoms with Crippen LogP contribution in [-0.2, 0) is 20.4 Å². The molecule has 0 radical (unpaired) electrons. The van der Waals surface area contributed by atoms with Gasteiger partial charge in [0.1, 0.15) is 0 Å². The number of hydrogen-bond donors (Lipinski definition) is 0. The van der Waals surface area contributed by atoms with Crippen molar-refractivity contribution in [2.75, 3.05) is 0 Å². The first-order valence-corrected chi connectivity index (χ1v) is 14.7. The Balaban J connectivity index is 0.00000144. The molecule has 0 aromatic rings. The summed E-state index contributed by atoms with van der Waals surface area (Å²) in [5.74, 6) is 0. The second-order valence-corrected chi connectivity index (χ2v) is 22.1. The summed E-state index contributed by atoms with van der Waals surface area (Å²) in [5.41, 5.74) is 3.11. The van der Waals surface area contributed by atoms with E-state index in [9.17, 15) is 0 Å². The Kier molecular flexibility index (Phi) is 4.02. The van der Waals surface area contributed by atoms with Gasteiger partial charge in [0.2, 0.25) is 0 Å². The average Bonchev–Trinajstić information content (AvgIpc) is 2.79. The smallest absolute Gasteiger partial charge is 1.00 e. The van der Waals surface area contributed by atoms with Gasteiger partial charge >= 0.3 is 108 Å². The second-order valence-electron chi connectivity index (χ2n) is 4.91. The van der Waals surface area contributed by atoms with Gasteiger partial charge in [-0.15, -0.1) is 0 Å². The molecule has 16 heavy (non-hydrogen) atoms. The Morgan fingerprint density at radius 3 is 1.69 bits per heavy atom. The van der Waals surface area contributed by atoms with Gasteiger partial charge in [0.25, 0.3) is 0 Å². The molecule has 0 aliphatic heterocycles. The molecule has 2 rings (SSSR count). The van der Waals surface area contributed by atoms with Crippen LogP contribution in [0.25, 0.3) is 0 Å². The Labute approximate surface area is 110 Å². The third-order valence-electron chi connectivity index (χ3n) is 3.44. The van der Waals surface area contributed by atoms with Crippen LogP contribution in [0, 0.1) is 0 Å². The van der Waals surface area contributed by atoms with Crippen molar-refractivity contribution in [3.05, 3.63) is 42.0 Å². The van der Waals surface area contributed by atoms with Gasteiger partial charge in [-0.05, 0) is 0 Å². The first-order valence-electron chi connectivity index (χ1n) is 6.02. The van der Waals surface area contributed by atoms with E-state index in [0.29, 0.717) is 0 Å².